The van der Waals surface area contributed by atoms with Crippen LogP contribution in [0.25, 0.3) is 0 Å². The number of methoxy groups -OCH3 is 1. The van der Waals surface area contributed by atoms with E-state index < -0.39 is 0 Å². The fourth-order valence-electron chi connectivity index (χ4n) is 2.62. The molecule has 2 nitrogen and oxygen atoms in total. The second-order valence-corrected chi connectivity index (χ2v) is 5.79. The van der Waals surface area contributed by atoms with Crippen molar-refractivity contribution in [1.29, 1.82) is 0 Å². The molecule has 0 aliphatic heterocycles. The van der Waals surface area contributed by atoms with Crippen molar-refractivity contribution in [3.8, 4) is 0 Å². The van der Waals surface area contributed by atoms with Crippen molar-refractivity contribution in [2.24, 2.45) is 5.92 Å². The molecule has 2 unspecified atom stereocenters. The maximum atomic E-state index is 5.27. The van der Waals surface area contributed by atoms with Crippen LogP contribution in [0.2, 0.25) is 0 Å². The van der Waals surface area contributed by atoms with Crippen LogP contribution in [0.4, 0.5) is 0 Å². The molecule has 2 atom stereocenters. The third kappa shape index (κ3) is 6.06. The predicted molar refractivity (Wildman–Crippen MR) is 87.1 cm³/mol. The van der Waals surface area contributed by atoms with Crippen molar-refractivity contribution in [2.45, 2.75) is 52.5 Å². The molecule has 20 heavy (non-hydrogen) atoms. The summed E-state index contributed by atoms with van der Waals surface area (Å²) in [5, 5.41) is 3.67. The average molecular weight is 277 g/mol. The van der Waals surface area contributed by atoms with Crippen LogP contribution in [-0.2, 0) is 11.2 Å². The molecule has 0 radical (unpaired) electrons. The Morgan fingerprint density at radius 2 is 1.80 bits per heavy atom. The molecule has 114 valence electrons. The first-order chi connectivity index (χ1) is 9.71. The summed E-state index contributed by atoms with van der Waals surface area (Å²) in [6.45, 7) is 8.60. The van der Waals surface area contributed by atoms with Gasteiger partial charge in [0.1, 0.15) is 0 Å². The van der Waals surface area contributed by atoms with Crippen molar-refractivity contribution in [3.05, 3.63) is 35.4 Å². The predicted octanol–water partition coefficient (Wildman–Crippen LogP) is 4.35. The van der Waals surface area contributed by atoms with E-state index in [0.717, 1.165) is 19.6 Å². The van der Waals surface area contributed by atoms with E-state index in [9.17, 15) is 0 Å². The molecule has 1 aromatic rings. The van der Waals surface area contributed by atoms with Crippen LogP contribution in [0.1, 0.15) is 57.2 Å². The molecule has 0 amide bonds. The van der Waals surface area contributed by atoms with E-state index in [1.54, 1.807) is 7.11 Å². The normalized spacial score (nSPS) is 14.2. The second kappa shape index (κ2) is 9.95. The summed E-state index contributed by atoms with van der Waals surface area (Å²) in [6, 6.07) is 9.58. The molecule has 0 saturated heterocycles. The third-order valence-corrected chi connectivity index (χ3v) is 3.65. The standard InChI is InChI=1S/C18H31NO/c1-5-7-16-8-10-17(11-9-16)18(19-12-6-2)13-15(3)14-20-4/h8-11,15,18-19H,5-7,12-14H2,1-4H3. The third-order valence-electron chi connectivity index (χ3n) is 3.65. The highest BCUT2D eigenvalue weighted by Crippen LogP contribution is 2.22. The highest BCUT2D eigenvalue weighted by Gasteiger charge is 2.14. The SMILES string of the molecule is CCCNC(CC(C)COC)c1ccc(CCC)cc1. The van der Waals surface area contributed by atoms with Gasteiger partial charge in [-0.05, 0) is 42.9 Å². The lowest BCUT2D eigenvalue weighted by atomic mass is 9.95. The molecule has 0 saturated carbocycles. The van der Waals surface area contributed by atoms with Gasteiger partial charge in [0.15, 0.2) is 0 Å². The monoisotopic (exact) mass is 277 g/mol. The lowest BCUT2D eigenvalue weighted by molar-refractivity contribution is 0.149. The molecule has 0 spiro atoms. The van der Waals surface area contributed by atoms with E-state index in [-0.39, 0.29) is 0 Å². The molecule has 0 aliphatic carbocycles. The van der Waals surface area contributed by atoms with Crippen LogP contribution in [0.15, 0.2) is 24.3 Å². The Bertz CT molecular complexity index is 347. The van der Waals surface area contributed by atoms with Crippen molar-refractivity contribution < 1.29 is 4.74 Å². The number of benzene rings is 1. The van der Waals surface area contributed by atoms with Gasteiger partial charge in [-0.3, -0.25) is 0 Å². The fourth-order valence-corrected chi connectivity index (χ4v) is 2.62. The van der Waals surface area contributed by atoms with Crippen LogP contribution < -0.4 is 5.32 Å². The Morgan fingerprint density at radius 3 is 2.35 bits per heavy atom. The van der Waals surface area contributed by atoms with Gasteiger partial charge in [-0.15, -0.1) is 0 Å². The summed E-state index contributed by atoms with van der Waals surface area (Å²) < 4.78 is 5.27. The summed E-state index contributed by atoms with van der Waals surface area (Å²) in [7, 11) is 1.78. The van der Waals surface area contributed by atoms with E-state index in [4.69, 9.17) is 4.74 Å². The number of hydrogen-bond acceptors (Lipinski definition) is 2. The van der Waals surface area contributed by atoms with E-state index in [1.165, 1.54) is 30.4 Å². The minimum Gasteiger partial charge on any atom is -0.384 e. The van der Waals surface area contributed by atoms with Gasteiger partial charge in [-0.25, -0.2) is 0 Å². The molecular weight excluding hydrogens is 246 g/mol. The zero-order valence-electron chi connectivity index (χ0n) is 13.6. The van der Waals surface area contributed by atoms with Crippen LogP contribution in [0, 0.1) is 5.92 Å². The molecule has 1 N–H and O–H groups in total. The largest absolute Gasteiger partial charge is 0.384 e. The van der Waals surface area contributed by atoms with Crippen LogP contribution in [0.3, 0.4) is 0 Å². The minimum atomic E-state index is 0.441. The molecule has 0 heterocycles. The summed E-state index contributed by atoms with van der Waals surface area (Å²) in [5.41, 5.74) is 2.84. The lowest BCUT2D eigenvalue weighted by Crippen LogP contribution is -2.25. The number of rotatable bonds is 10. The molecule has 2 heteroatoms. The van der Waals surface area contributed by atoms with Gasteiger partial charge in [-0.1, -0.05) is 51.5 Å². The Morgan fingerprint density at radius 1 is 1.10 bits per heavy atom. The van der Waals surface area contributed by atoms with E-state index in [0.29, 0.717) is 12.0 Å². The van der Waals surface area contributed by atoms with Crippen LogP contribution >= 0.6 is 0 Å². The van der Waals surface area contributed by atoms with E-state index in [2.05, 4.69) is 50.4 Å². The number of ether oxygens (including phenoxy) is 1. The first kappa shape index (κ1) is 17.2. The maximum absolute atomic E-state index is 5.27. The van der Waals surface area contributed by atoms with Gasteiger partial charge in [0.25, 0.3) is 0 Å². The van der Waals surface area contributed by atoms with Crippen molar-refractivity contribution in [2.75, 3.05) is 20.3 Å². The molecule has 1 aromatic carbocycles. The number of nitrogens with one attached hydrogen (secondary N) is 1. The first-order valence-corrected chi connectivity index (χ1v) is 8.02. The van der Waals surface area contributed by atoms with Gasteiger partial charge in [-0.2, -0.15) is 0 Å². The van der Waals surface area contributed by atoms with Crippen LogP contribution in [-0.4, -0.2) is 20.3 Å². The quantitative estimate of drug-likeness (QED) is 0.686. The van der Waals surface area contributed by atoms with Crippen molar-refractivity contribution in [1.82, 2.24) is 5.32 Å². The van der Waals surface area contributed by atoms with Crippen molar-refractivity contribution in [3.63, 3.8) is 0 Å². The summed E-state index contributed by atoms with van der Waals surface area (Å²) >= 11 is 0. The van der Waals surface area contributed by atoms with E-state index in [1.807, 2.05) is 0 Å². The maximum Gasteiger partial charge on any atom is 0.0488 e. The van der Waals surface area contributed by atoms with Gasteiger partial charge in [0, 0.05) is 19.8 Å². The molecule has 0 aliphatic rings. The zero-order valence-corrected chi connectivity index (χ0v) is 13.6. The smallest absolute Gasteiger partial charge is 0.0488 e. The second-order valence-electron chi connectivity index (χ2n) is 5.79. The summed E-state index contributed by atoms with van der Waals surface area (Å²) in [4.78, 5) is 0. The molecule has 0 fully saturated rings. The topological polar surface area (TPSA) is 21.3 Å². The fraction of sp³-hybridized carbons (Fsp3) is 0.667. The average Bonchev–Trinajstić information content (AvgIpc) is 2.45. The van der Waals surface area contributed by atoms with Gasteiger partial charge < -0.3 is 10.1 Å². The summed E-state index contributed by atoms with van der Waals surface area (Å²) in [6.07, 6.45) is 4.68. The number of hydrogen-bond donors (Lipinski definition) is 1. The molecule has 0 bridgehead atoms. The zero-order chi connectivity index (χ0) is 14.8. The highest BCUT2D eigenvalue weighted by molar-refractivity contribution is 5.25. The Kier molecular flexibility index (Phi) is 8.56. The Hall–Kier alpha value is -0.860. The van der Waals surface area contributed by atoms with Crippen LogP contribution in [0.5, 0.6) is 0 Å². The highest BCUT2D eigenvalue weighted by atomic mass is 16.5. The van der Waals surface area contributed by atoms with Gasteiger partial charge in [0.2, 0.25) is 0 Å². The molecular formula is C18H31NO. The van der Waals surface area contributed by atoms with Gasteiger partial charge in [0.05, 0.1) is 0 Å². The first-order valence-electron chi connectivity index (χ1n) is 8.02. The Labute approximate surface area is 124 Å². The minimum absolute atomic E-state index is 0.441. The lowest BCUT2D eigenvalue weighted by Gasteiger charge is -2.22. The molecule has 0 aromatic heterocycles. The number of aryl methyl sites for hydroxylation is 1. The molecule has 1 rings (SSSR count). The van der Waals surface area contributed by atoms with Gasteiger partial charge >= 0.3 is 0 Å². The van der Waals surface area contributed by atoms with E-state index >= 15 is 0 Å². The van der Waals surface area contributed by atoms with Crippen molar-refractivity contribution >= 4 is 0 Å². The summed E-state index contributed by atoms with van der Waals surface area (Å²) in [5.74, 6) is 0.574. The Balaban J connectivity index is 2.70.